The first-order valence-corrected chi connectivity index (χ1v) is 9.93. The fraction of sp³-hybridized carbons (Fsp3) is 0.947. The Morgan fingerprint density at radius 3 is 2.60 bits per heavy atom. The molecule has 25 heavy (non-hydrogen) atoms. The molecule has 2 fully saturated rings. The second kappa shape index (κ2) is 10.3. The Balaban J connectivity index is 1.81. The summed E-state index contributed by atoms with van der Waals surface area (Å²) in [5.41, 5.74) is 6.31. The van der Waals surface area contributed by atoms with Crippen LogP contribution in [0.5, 0.6) is 0 Å². The summed E-state index contributed by atoms with van der Waals surface area (Å²) in [6, 6.07) is -0.0858. The molecule has 0 aromatic carbocycles. The molecule has 1 saturated heterocycles. The summed E-state index contributed by atoms with van der Waals surface area (Å²) in [7, 11) is 1.63. The quantitative estimate of drug-likeness (QED) is 0.687. The molecule has 0 radical (unpaired) electrons. The number of amides is 2. The van der Waals surface area contributed by atoms with Crippen molar-refractivity contribution in [3.8, 4) is 0 Å². The number of piperidine rings is 1. The van der Waals surface area contributed by atoms with Crippen molar-refractivity contribution in [3.05, 3.63) is 0 Å². The number of rotatable bonds is 7. The van der Waals surface area contributed by atoms with Crippen molar-refractivity contribution in [2.45, 2.75) is 70.6 Å². The van der Waals surface area contributed by atoms with Crippen LogP contribution in [0.2, 0.25) is 0 Å². The van der Waals surface area contributed by atoms with Crippen LogP contribution in [0.25, 0.3) is 0 Å². The third kappa shape index (κ3) is 6.12. The molecule has 3 N–H and O–H groups in total. The number of nitrogens with two attached hydrogens (primary N) is 1. The second-order valence-electron chi connectivity index (χ2n) is 7.91. The summed E-state index contributed by atoms with van der Waals surface area (Å²) < 4.78 is 11.2. The summed E-state index contributed by atoms with van der Waals surface area (Å²) >= 11 is 0. The van der Waals surface area contributed by atoms with Gasteiger partial charge in [0.15, 0.2) is 0 Å². The minimum absolute atomic E-state index is 0.00562. The van der Waals surface area contributed by atoms with E-state index in [-0.39, 0.29) is 18.1 Å². The maximum absolute atomic E-state index is 12.4. The van der Waals surface area contributed by atoms with Crippen LogP contribution in [0.4, 0.5) is 4.79 Å². The van der Waals surface area contributed by atoms with Crippen molar-refractivity contribution in [2.75, 3.05) is 33.4 Å². The van der Waals surface area contributed by atoms with E-state index >= 15 is 0 Å². The molecular formula is C19H37N3O3. The molecule has 2 amide bonds. The van der Waals surface area contributed by atoms with Crippen molar-refractivity contribution < 1.29 is 14.3 Å². The predicted molar refractivity (Wildman–Crippen MR) is 99.5 cm³/mol. The van der Waals surface area contributed by atoms with E-state index in [0.29, 0.717) is 25.9 Å². The number of nitrogens with zero attached hydrogens (tertiary/aromatic N) is 1. The molecule has 2 atom stereocenters. The van der Waals surface area contributed by atoms with Gasteiger partial charge in [0.2, 0.25) is 0 Å². The smallest absolute Gasteiger partial charge is 0.317 e. The van der Waals surface area contributed by atoms with Crippen LogP contribution in [0.15, 0.2) is 0 Å². The van der Waals surface area contributed by atoms with Crippen molar-refractivity contribution >= 4 is 6.03 Å². The van der Waals surface area contributed by atoms with Crippen molar-refractivity contribution in [2.24, 2.45) is 17.6 Å². The lowest BCUT2D eigenvalue weighted by molar-refractivity contribution is -0.0228. The van der Waals surface area contributed by atoms with E-state index in [1.54, 1.807) is 7.11 Å². The molecule has 146 valence electrons. The topological polar surface area (TPSA) is 76.8 Å². The van der Waals surface area contributed by atoms with E-state index in [2.05, 4.69) is 19.2 Å². The van der Waals surface area contributed by atoms with Gasteiger partial charge in [0.05, 0.1) is 25.4 Å². The highest BCUT2D eigenvalue weighted by Crippen LogP contribution is 2.31. The third-order valence-corrected chi connectivity index (χ3v) is 5.84. The number of carbonyl (C=O) groups is 1. The van der Waals surface area contributed by atoms with Gasteiger partial charge >= 0.3 is 6.03 Å². The Hall–Kier alpha value is -0.850. The zero-order valence-corrected chi connectivity index (χ0v) is 16.2. The molecule has 2 aliphatic rings. The number of urea groups is 1. The standard InChI is InChI=1S/C19H37N3O3/c1-14(2)15-6-8-16(9-7-15)25-13-18-17(20)5-4-11-22(18)19(23)21-10-12-24-3/h14-18H,4-13,20H2,1-3H3,(H,21,23)/t15?,16?,17-,18-/m0/s1. The molecule has 0 bridgehead atoms. The van der Waals surface area contributed by atoms with Crippen molar-refractivity contribution in [1.29, 1.82) is 0 Å². The van der Waals surface area contributed by atoms with Crippen LogP contribution >= 0.6 is 0 Å². The highest BCUT2D eigenvalue weighted by molar-refractivity contribution is 5.74. The zero-order valence-electron chi connectivity index (χ0n) is 16.2. The third-order valence-electron chi connectivity index (χ3n) is 5.84. The van der Waals surface area contributed by atoms with E-state index < -0.39 is 0 Å². The Kier molecular flexibility index (Phi) is 8.46. The summed E-state index contributed by atoms with van der Waals surface area (Å²) in [5.74, 6) is 1.60. The van der Waals surface area contributed by atoms with Crippen LogP contribution in [0, 0.1) is 11.8 Å². The first-order valence-electron chi connectivity index (χ1n) is 9.93. The summed E-state index contributed by atoms with van der Waals surface area (Å²) in [6.07, 6.45) is 6.99. The average molecular weight is 356 g/mol. The predicted octanol–water partition coefficient (Wildman–Crippen LogP) is 2.37. The Morgan fingerprint density at radius 2 is 1.96 bits per heavy atom. The van der Waals surface area contributed by atoms with Crippen LogP contribution in [-0.4, -0.2) is 62.5 Å². The number of methoxy groups -OCH3 is 1. The molecule has 0 aromatic rings. The fourth-order valence-corrected chi connectivity index (χ4v) is 4.07. The van der Waals surface area contributed by atoms with E-state index in [4.69, 9.17) is 15.2 Å². The zero-order chi connectivity index (χ0) is 18.2. The second-order valence-corrected chi connectivity index (χ2v) is 7.91. The molecule has 0 spiro atoms. The Morgan fingerprint density at radius 1 is 1.24 bits per heavy atom. The number of carbonyl (C=O) groups excluding carboxylic acids is 1. The van der Waals surface area contributed by atoms with Gasteiger partial charge in [-0.2, -0.15) is 0 Å². The van der Waals surface area contributed by atoms with Gasteiger partial charge in [-0.1, -0.05) is 13.8 Å². The monoisotopic (exact) mass is 355 g/mol. The van der Waals surface area contributed by atoms with Crippen LogP contribution < -0.4 is 11.1 Å². The summed E-state index contributed by atoms with van der Waals surface area (Å²) in [6.45, 7) is 6.97. The minimum atomic E-state index is -0.0516. The maximum atomic E-state index is 12.4. The fourth-order valence-electron chi connectivity index (χ4n) is 4.07. The van der Waals surface area contributed by atoms with E-state index in [0.717, 1.165) is 44.1 Å². The molecule has 6 nitrogen and oxygen atoms in total. The normalized spacial score (nSPS) is 30.5. The van der Waals surface area contributed by atoms with E-state index in [9.17, 15) is 4.79 Å². The molecule has 6 heteroatoms. The SMILES string of the molecule is COCCNC(=O)N1CCC[C@H](N)[C@@H]1COC1CCC(C(C)C)CC1. The molecule has 0 unspecified atom stereocenters. The first kappa shape index (κ1) is 20.5. The number of ether oxygens (including phenoxy) is 2. The van der Waals surface area contributed by atoms with Crippen LogP contribution in [0.1, 0.15) is 52.4 Å². The van der Waals surface area contributed by atoms with E-state index in [1.165, 1.54) is 12.8 Å². The lowest BCUT2D eigenvalue weighted by Crippen LogP contribution is -2.59. The van der Waals surface area contributed by atoms with Gasteiger partial charge in [0.25, 0.3) is 0 Å². The largest absolute Gasteiger partial charge is 0.383 e. The molecule has 1 aliphatic carbocycles. The molecule has 0 aromatic heterocycles. The van der Waals surface area contributed by atoms with Crippen molar-refractivity contribution in [3.63, 3.8) is 0 Å². The van der Waals surface area contributed by atoms with Gasteiger partial charge in [0, 0.05) is 26.2 Å². The Labute approximate surface area is 152 Å². The van der Waals surface area contributed by atoms with Gasteiger partial charge in [0.1, 0.15) is 0 Å². The number of hydrogen-bond donors (Lipinski definition) is 2. The van der Waals surface area contributed by atoms with Gasteiger partial charge < -0.3 is 25.4 Å². The van der Waals surface area contributed by atoms with Gasteiger partial charge in [-0.25, -0.2) is 4.79 Å². The van der Waals surface area contributed by atoms with Gasteiger partial charge in [-0.3, -0.25) is 0 Å². The first-order chi connectivity index (χ1) is 12.0. The highest BCUT2D eigenvalue weighted by atomic mass is 16.5. The molecule has 1 saturated carbocycles. The van der Waals surface area contributed by atoms with Crippen LogP contribution in [-0.2, 0) is 9.47 Å². The Bertz CT molecular complexity index is 397. The minimum Gasteiger partial charge on any atom is -0.383 e. The van der Waals surface area contributed by atoms with Crippen molar-refractivity contribution in [1.82, 2.24) is 10.2 Å². The maximum Gasteiger partial charge on any atom is 0.317 e. The van der Waals surface area contributed by atoms with E-state index in [1.807, 2.05) is 4.90 Å². The molecule has 2 rings (SSSR count). The molecule has 1 heterocycles. The summed E-state index contributed by atoms with van der Waals surface area (Å²) in [4.78, 5) is 14.3. The van der Waals surface area contributed by atoms with Crippen LogP contribution in [0.3, 0.4) is 0 Å². The highest BCUT2D eigenvalue weighted by Gasteiger charge is 2.33. The summed E-state index contributed by atoms with van der Waals surface area (Å²) in [5, 5.41) is 2.91. The number of likely N-dealkylation sites (tertiary alicyclic amines) is 1. The number of nitrogens with one attached hydrogen (secondary N) is 1. The molecular weight excluding hydrogens is 318 g/mol. The lowest BCUT2D eigenvalue weighted by atomic mass is 9.80. The van der Waals surface area contributed by atoms with Gasteiger partial charge in [-0.15, -0.1) is 0 Å². The van der Waals surface area contributed by atoms with Gasteiger partial charge in [-0.05, 0) is 50.4 Å². The number of hydrogen-bond acceptors (Lipinski definition) is 4. The average Bonchev–Trinajstić information content (AvgIpc) is 2.61. The lowest BCUT2D eigenvalue weighted by Gasteiger charge is -2.40. The molecule has 1 aliphatic heterocycles.